The second-order valence-electron chi connectivity index (χ2n) is 5.82. The average Bonchev–Trinajstić information content (AvgIpc) is 2.43. The number of aliphatic carboxylic acids is 1. The first-order valence-corrected chi connectivity index (χ1v) is 7.56. The molecule has 0 radical (unpaired) electrons. The zero-order chi connectivity index (χ0) is 15.6. The van der Waals surface area contributed by atoms with Crippen molar-refractivity contribution in [3.05, 3.63) is 33.8 Å². The van der Waals surface area contributed by atoms with Gasteiger partial charge in [-0.1, -0.05) is 30.9 Å². The van der Waals surface area contributed by atoms with Gasteiger partial charge in [0, 0.05) is 0 Å². The molecule has 114 valence electrons. The third kappa shape index (κ3) is 3.21. The second kappa shape index (κ2) is 6.06. The highest BCUT2D eigenvalue weighted by atomic mass is 35.5. The minimum atomic E-state index is -1.16. The summed E-state index contributed by atoms with van der Waals surface area (Å²) in [5.74, 6) is -1.37. The Morgan fingerprint density at radius 2 is 1.71 bits per heavy atom. The maximum Gasteiger partial charge on any atom is 0.329 e. The molecule has 1 saturated carbocycles. The van der Waals surface area contributed by atoms with Gasteiger partial charge in [-0.05, 0) is 49.9 Å². The highest BCUT2D eigenvalue weighted by molar-refractivity contribution is 6.34. The van der Waals surface area contributed by atoms with E-state index >= 15 is 0 Å². The van der Waals surface area contributed by atoms with Crippen LogP contribution in [0.1, 0.15) is 53.6 Å². The van der Waals surface area contributed by atoms with Crippen molar-refractivity contribution in [1.29, 1.82) is 0 Å². The number of benzene rings is 1. The van der Waals surface area contributed by atoms with E-state index < -0.39 is 17.4 Å². The molecule has 1 fully saturated rings. The molecule has 1 aliphatic carbocycles. The summed E-state index contributed by atoms with van der Waals surface area (Å²) in [5, 5.41) is 12.6. The number of hydrogen-bond donors (Lipinski definition) is 2. The van der Waals surface area contributed by atoms with E-state index in [0.717, 1.165) is 30.4 Å². The predicted molar refractivity (Wildman–Crippen MR) is 81.8 cm³/mol. The van der Waals surface area contributed by atoms with Crippen LogP contribution in [0.25, 0.3) is 0 Å². The lowest BCUT2D eigenvalue weighted by Gasteiger charge is -2.34. The summed E-state index contributed by atoms with van der Waals surface area (Å²) in [5.41, 5.74) is 1.14. The molecule has 21 heavy (non-hydrogen) atoms. The Labute approximate surface area is 129 Å². The third-order valence-electron chi connectivity index (χ3n) is 4.30. The van der Waals surface area contributed by atoms with Crippen LogP contribution in [-0.4, -0.2) is 22.5 Å². The van der Waals surface area contributed by atoms with Gasteiger partial charge in [0.25, 0.3) is 5.91 Å². The molecule has 0 bridgehead atoms. The van der Waals surface area contributed by atoms with Crippen LogP contribution in [-0.2, 0) is 4.79 Å². The van der Waals surface area contributed by atoms with E-state index in [9.17, 15) is 14.7 Å². The molecule has 0 unspecified atom stereocenters. The number of hydrogen-bond acceptors (Lipinski definition) is 2. The first-order chi connectivity index (χ1) is 9.85. The van der Waals surface area contributed by atoms with Crippen molar-refractivity contribution in [2.45, 2.75) is 51.5 Å². The van der Waals surface area contributed by atoms with Gasteiger partial charge in [0.15, 0.2) is 0 Å². The lowest BCUT2D eigenvalue weighted by atomic mass is 9.81. The van der Waals surface area contributed by atoms with Crippen LogP contribution in [0.5, 0.6) is 0 Å². The van der Waals surface area contributed by atoms with Gasteiger partial charge in [-0.25, -0.2) is 4.79 Å². The number of carbonyl (C=O) groups excluding carboxylic acids is 1. The molecule has 1 aliphatic rings. The fourth-order valence-electron chi connectivity index (χ4n) is 2.79. The van der Waals surface area contributed by atoms with Crippen LogP contribution < -0.4 is 5.32 Å². The fraction of sp³-hybridized carbons (Fsp3) is 0.500. The Morgan fingerprint density at radius 1 is 1.14 bits per heavy atom. The number of carbonyl (C=O) groups is 2. The monoisotopic (exact) mass is 309 g/mol. The quantitative estimate of drug-likeness (QED) is 0.898. The number of amides is 1. The summed E-state index contributed by atoms with van der Waals surface area (Å²) in [6.45, 7) is 3.82. The number of halogens is 1. The maximum atomic E-state index is 12.4. The van der Waals surface area contributed by atoms with Gasteiger partial charge in [-0.15, -0.1) is 0 Å². The average molecular weight is 310 g/mol. The van der Waals surface area contributed by atoms with Crippen molar-refractivity contribution in [2.75, 3.05) is 0 Å². The number of nitrogens with one attached hydrogen (secondary N) is 1. The first kappa shape index (κ1) is 15.8. The van der Waals surface area contributed by atoms with Crippen molar-refractivity contribution < 1.29 is 14.7 Å². The van der Waals surface area contributed by atoms with Crippen LogP contribution >= 0.6 is 11.6 Å². The SMILES string of the molecule is Cc1cc(Cl)c(C(=O)NC2(C(=O)O)CCCCC2)cc1C. The normalized spacial score (nSPS) is 17.3. The molecule has 0 aromatic heterocycles. The van der Waals surface area contributed by atoms with E-state index in [-0.39, 0.29) is 0 Å². The topological polar surface area (TPSA) is 66.4 Å². The number of rotatable bonds is 3. The van der Waals surface area contributed by atoms with Gasteiger partial charge >= 0.3 is 5.97 Å². The smallest absolute Gasteiger partial charge is 0.329 e. The number of carboxylic acids is 1. The molecule has 0 heterocycles. The Hall–Kier alpha value is -1.55. The Bertz CT molecular complexity index is 577. The van der Waals surface area contributed by atoms with Gasteiger partial charge in [-0.3, -0.25) is 4.79 Å². The fourth-order valence-corrected chi connectivity index (χ4v) is 3.09. The minimum Gasteiger partial charge on any atom is -0.480 e. The number of carboxylic acid groups (broad SMARTS) is 1. The molecule has 2 rings (SSSR count). The van der Waals surface area contributed by atoms with Crippen molar-refractivity contribution >= 4 is 23.5 Å². The lowest BCUT2D eigenvalue weighted by molar-refractivity contribution is -0.145. The molecule has 0 saturated heterocycles. The van der Waals surface area contributed by atoms with E-state index in [1.54, 1.807) is 12.1 Å². The lowest BCUT2D eigenvalue weighted by Crippen LogP contribution is -2.55. The maximum absolute atomic E-state index is 12.4. The van der Waals surface area contributed by atoms with Crippen molar-refractivity contribution in [3.8, 4) is 0 Å². The summed E-state index contributed by atoms with van der Waals surface area (Å²) in [6, 6.07) is 3.45. The molecule has 1 aromatic carbocycles. The summed E-state index contributed by atoms with van der Waals surface area (Å²) >= 11 is 6.13. The largest absolute Gasteiger partial charge is 0.480 e. The number of aryl methyl sites for hydroxylation is 2. The summed E-state index contributed by atoms with van der Waals surface area (Å²) in [6.07, 6.45) is 3.57. The Morgan fingerprint density at radius 3 is 2.29 bits per heavy atom. The molecular formula is C16H20ClNO3. The molecular weight excluding hydrogens is 290 g/mol. The van der Waals surface area contributed by atoms with E-state index in [1.165, 1.54) is 0 Å². The van der Waals surface area contributed by atoms with Crippen LogP contribution in [0.15, 0.2) is 12.1 Å². The zero-order valence-corrected chi connectivity index (χ0v) is 13.1. The molecule has 0 atom stereocenters. The van der Waals surface area contributed by atoms with Crippen LogP contribution in [0.2, 0.25) is 5.02 Å². The summed E-state index contributed by atoms with van der Waals surface area (Å²) in [4.78, 5) is 24.0. The van der Waals surface area contributed by atoms with Crippen LogP contribution in [0, 0.1) is 13.8 Å². The predicted octanol–water partition coefficient (Wildman–Crippen LogP) is 3.47. The molecule has 2 N–H and O–H groups in total. The highest BCUT2D eigenvalue weighted by Gasteiger charge is 2.41. The molecule has 0 aliphatic heterocycles. The third-order valence-corrected chi connectivity index (χ3v) is 4.61. The summed E-state index contributed by atoms with van der Waals surface area (Å²) < 4.78 is 0. The minimum absolute atomic E-state index is 0.339. The Balaban J connectivity index is 2.28. The van der Waals surface area contributed by atoms with Crippen LogP contribution in [0.4, 0.5) is 0 Å². The second-order valence-corrected chi connectivity index (χ2v) is 6.23. The van der Waals surface area contributed by atoms with Gasteiger partial charge in [0.1, 0.15) is 5.54 Å². The van der Waals surface area contributed by atoms with Gasteiger partial charge in [-0.2, -0.15) is 0 Å². The standard InChI is InChI=1S/C16H20ClNO3/c1-10-8-12(13(17)9-11(10)2)14(19)18-16(15(20)21)6-4-3-5-7-16/h8-9H,3-7H2,1-2H3,(H,18,19)(H,20,21). The highest BCUT2D eigenvalue weighted by Crippen LogP contribution is 2.30. The molecule has 1 aromatic rings. The zero-order valence-electron chi connectivity index (χ0n) is 12.3. The molecule has 4 nitrogen and oxygen atoms in total. The van der Waals surface area contributed by atoms with E-state index in [1.807, 2.05) is 13.8 Å². The van der Waals surface area contributed by atoms with E-state index in [2.05, 4.69) is 5.32 Å². The van der Waals surface area contributed by atoms with Gasteiger partial charge < -0.3 is 10.4 Å². The summed E-state index contributed by atoms with van der Waals surface area (Å²) in [7, 11) is 0. The van der Waals surface area contributed by atoms with Crippen molar-refractivity contribution in [1.82, 2.24) is 5.32 Å². The first-order valence-electron chi connectivity index (χ1n) is 7.18. The van der Waals surface area contributed by atoms with E-state index in [0.29, 0.717) is 23.4 Å². The van der Waals surface area contributed by atoms with Gasteiger partial charge in [0.2, 0.25) is 0 Å². The molecule has 5 heteroatoms. The van der Waals surface area contributed by atoms with Crippen molar-refractivity contribution in [2.24, 2.45) is 0 Å². The van der Waals surface area contributed by atoms with E-state index in [4.69, 9.17) is 11.6 Å². The van der Waals surface area contributed by atoms with Crippen LogP contribution in [0.3, 0.4) is 0 Å². The van der Waals surface area contributed by atoms with Crippen molar-refractivity contribution in [3.63, 3.8) is 0 Å². The molecule has 0 spiro atoms. The molecule has 1 amide bonds. The van der Waals surface area contributed by atoms with Gasteiger partial charge in [0.05, 0.1) is 10.6 Å². The Kier molecular flexibility index (Phi) is 4.57.